The van der Waals surface area contributed by atoms with E-state index < -0.39 is 0 Å². The minimum Gasteiger partial charge on any atom is -0.504 e. The molecule has 2 aromatic rings. The maximum absolute atomic E-state index is 11.8. The number of hydrogen-bond donors (Lipinski definition) is 2. The van der Waals surface area contributed by atoms with E-state index in [4.69, 9.17) is 4.74 Å². The van der Waals surface area contributed by atoms with Crippen molar-refractivity contribution in [3.05, 3.63) is 53.9 Å². The summed E-state index contributed by atoms with van der Waals surface area (Å²) in [5, 5.41) is 19.3. The Bertz CT molecular complexity index is 626. The van der Waals surface area contributed by atoms with Crippen LogP contribution in [0.15, 0.2) is 42.6 Å². The SMILES string of the molecule is CCc1c(O)c(O)cc[n+]1CCOC(=O)c1ccccc1. The normalized spacial score (nSPS) is 10.3. The topological polar surface area (TPSA) is 70.6 Å². The Kier molecular flexibility index (Phi) is 4.77. The largest absolute Gasteiger partial charge is 0.504 e. The van der Waals surface area contributed by atoms with Gasteiger partial charge in [0, 0.05) is 12.5 Å². The van der Waals surface area contributed by atoms with Gasteiger partial charge < -0.3 is 14.9 Å². The molecule has 0 saturated heterocycles. The lowest BCUT2D eigenvalue weighted by Gasteiger charge is -2.06. The van der Waals surface area contributed by atoms with Gasteiger partial charge in [-0.15, -0.1) is 0 Å². The summed E-state index contributed by atoms with van der Waals surface area (Å²) in [5.74, 6) is -0.656. The van der Waals surface area contributed by atoms with Crippen LogP contribution in [0.25, 0.3) is 0 Å². The van der Waals surface area contributed by atoms with Crippen molar-refractivity contribution >= 4 is 5.97 Å². The zero-order valence-corrected chi connectivity index (χ0v) is 11.8. The van der Waals surface area contributed by atoms with E-state index >= 15 is 0 Å². The zero-order valence-electron chi connectivity index (χ0n) is 11.8. The molecule has 5 heteroatoms. The summed E-state index contributed by atoms with van der Waals surface area (Å²) in [7, 11) is 0. The first-order valence-corrected chi connectivity index (χ1v) is 6.79. The number of esters is 1. The van der Waals surface area contributed by atoms with E-state index in [9.17, 15) is 15.0 Å². The van der Waals surface area contributed by atoms with E-state index in [-0.39, 0.29) is 24.1 Å². The van der Waals surface area contributed by atoms with E-state index in [1.165, 1.54) is 6.07 Å². The predicted molar refractivity (Wildman–Crippen MR) is 76.1 cm³/mol. The number of ether oxygens (including phenoxy) is 1. The number of carbonyl (C=O) groups is 1. The molecule has 1 heterocycles. The van der Waals surface area contributed by atoms with Crippen molar-refractivity contribution in [1.29, 1.82) is 0 Å². The Morgan fingerprint density at radius 3 is 2.57 bits per heavy atom. The molecular formula is C16H18NO4+. The van der Waals surface area contributed by atoms with Gasteiger partial charge in [0.1, 0.15) is 0 Å². The van der Waals surface area contributed by atoms with Gasteiger partial charge in [-0.1, -0.05) is 25.1 Å². The molecule has 1 aromatic carbocycles. The molecule has 2 rings (SSSR count). The Balaban J connectivity index is 1.98. The molecular weight excluding hydrogens is 270 g/mol. The van der Waals surface area contributed by atoms with Gasteiger partial charge in [0.15, 0.2) is 25.1 Å². The van der Waals surface area contributed by atoms with Gasteiger partial charge >= 0.3 is 5.97 Å². The van der Waals surface area contributed by atoms with Crippen molar-refractivity contribution in [2.75, 3.05) is 6.61 Å². The third kappa shape index (κ3) is 3.51. The highest BCUT2D eigenvalue weighted by Gasteiger charge is 2.18. The minimum absolute atomic E-state index is 0.130. The number of aromatic nitrogens is 1. The molecule has 1 aromatic heterocycles. The van der Waals surface area contributed by atoms with E-state index in [0.717, 1.165) is 0 Å². The maximum Gasteiger partial charge on any atom is 0.338 e. The summed E-state index contributed by atoms with van der Waals surface area (Å²) in [6, 6.07) is 10.2. The van der Waals surface area contributed by atoms with E-state index in [1.807, 2.05) is 13.0 Å². The second-order valence-electron chi connectivity index (χ2n) is 4.55. The molecule has 110 valence electrons. The molecule has 2 N–H and O–H groups in total. The van der Waals surface area contributed by atoms with Crippen LogP contribution in [-0.4, -0.2) is 22.8 Å². The van der Waals surface area contributed by atoms with Gasteiger partial charge in [0.25, 0.3) is 0 Å². The van der Waals surface area contributed by atoms with Crippen LogP contribution in [0.4, 0.5) is 0 Å². The monoisotopic (exact) mass is 288 g/mol. The van der Waals surface area contributed by atoms with Gasteiger partial charge in [-0.3, -0.25) is 0 Å². The molecule has 0 bridgehead atoms. The van der Waals surface area contributed by atoms with Gasteiger partial charge in [-0.05, 0) is 12.1 Å². The average Bonchev–Trinajstić information content (AvgIpc) is 2.51. The number of pyridine rings is 1. The molecule has 0 fully saturated rings. The molecule has 0 saturated carbocycles. The van der Waals surface area contributed by atoms with Crippen molar-refractivity contribution < 1.29 is 24.3 Å². The van der Waals surface area contributed by atoms with Crippen molar-refractivity contribution in [3.8, 4) is 11.5 Å². The third-order valence-electron chi connectivity index (χ3n) is 3.18. The van der Waals surface area contributed by atoms with Crippen LogP contribution in [-0.2, 0) is 17.7 Å². The average molecular weight is 288 g/mol. The van der Waals surface area contributed by atoms with Crippen LogP contribution in [0.5, 0.6) is 11.5 Å². The van der Waals surface area contributed by atoms with Crippen LogP contribution in [0.2, 0.25) is 0 Å². The Labute approximate surface area is 123 Å². The lowest BCUT2D eigenvalue weighted by Crippen LogP contribution is -2.40. The molecule has 5 nitrogen and oxygen atoms in total. The van der Waals surface area contributed by atoms with Gasteiger partial charge in [0.05, 0.1) is 5.56 Å². The van der Waals surface area contributed by atoms with E-state index in [0.29, 0.717) is 24.2 Å². The van der Waals surface area contributed by atoms with E-state index in [1.54, 1.807) is 35.0 Å². The molecule has 0 aliphatic heterocycles. The van der Waals surface area contributed by atoms with Crippen LogP contribution < -0.4 is 4.57 Å². The fraction of sp³-hybridized carbons (Fsp3) is 0.250. The van der Waals surface area contributed by atoms with Gasteiger partial charge in [-0.2, -0.15) is 4.57 Å². The predicted octanol–water partition coefficient (Wildman–Crippen LogP) is 1.80. The Morgan fingerprint density at radius 1 is 1.19 bits per heavy atom. The zero-order chi connectivity index (χ0) is 15.2. The maximum atomic E-state index is 11.8. The molecule has 21 heavy (non-hydrogen) atoms. The highest BCUT2D eigenvalue weighted by molar-refractivity contribution is 5.89. The van der Waals surface area contributed by atoms with Crippen molar-refractivity contribution in [2.45, 2.75) is 19.9 Å². The minimum atomic E-state index is -0.378. The fourth-order valence-electron chi connectivity index (χ4n) is 2.09. The van der Waals surface area contributed by atoms with Crippen molar-refractivity contribution in [2.24, 2.45) is 0 Å². The van der Waals surface area contributed by atoms with Gasteiger partial charge in [0.2, 0.25) is 11.4 Å². The summed E-state index contributed by atoms with van der Waals surface area (Å²) in [6.07, 6.45) is 2.22. The summed E-state index contributed by atoms with van der Waals surface area (Å²) < 4.78 is 6.95. The summed E-state index contributed by atoms with van der Waals surface area (Å²) in [4.78, 5) is 11.8. The fourth-order valence-corrected chi connectivity index (χ4v) is 2.09. The molecule has 0 unspecified atom stereocenters. The van der Waals surface area contributed by atoms with Crippen molar-refractivity contribution in [3.63, 3.8) is 0 Å². The number of benzene rings is 1. The molecule has 0 radical (unpaired) electrons. The highest BCUT2D eigenvalue weighted by Crippen LogP contribution is 2.25. The third-order valence-corrected chi connectivity index (χ3v) is 3.18. The van der Waals surface area contributed by atoms with Crippen LogP contribution in [0.3, 0.4) is 0 Å². The molecule has 0 spiro atoms. The summed E-state index contributed by atoms with van der Waals surface area (Å²) >= 11 is 0. The van der Waals surface area contributed by atoms with Crippen LogP contribution >= 0.6 is 0 Å². The number of nitrogens with zero attached hydrogens (tertiary/aromatic N) is 1. The lowest BCUT2D eigenvalue weighted by atomic mass is 10.2. The lowest BCUT2D eigenvalue weighted by molar-refractivity contribution is -0.705. The smallest absolute Gasteiger partial charge is 0.338 e. The first kappa shape index (κ1) is 14.8. The van der Waals surface area contributed by atoms with Crippen molar-refractivity contribution in [1.82, 2.24) is 0 Å². The quantitative estimate of drug-likeness (QED) is 0.650. The Hall–Kier alpha value is -2.56. The standard InChI is InChI=1S/C16H17NO4/c1-2-13-15(19)14(18)8-9-17(13)10-11-21-16(20)12-6-4-3-5-7-12/h3-9,19H,2,10-11H2,1H3/p+1. The van der Waals surface area contributed by atoms with Crippen LogP contribution in [0.1, 0.15) is 23.0 Å². The van der Waals surface area contributed by atoms with Crippen LogP contribution in [0, 0.1) is 0 Å². The van der Waals surface area contributed by atoms with E-state index in [2.05, 4.69) is 0 Å². The second-order valence-corrected chi connectivity index (χ2v) is 4.55. The number of rotatable bonds is 5. The first-order valence-electron chi connectivity index (χ1n) is 6.79. The molecule has 0 atom stereocenters. The molecule has 0 aliphatic carbocycles. The molecule has 0 aliphatic rings. The molecule has 0 amide bonds. The summed E-state index contributed by atoms with van der Waals surface area (Å²) in [6.45, 7) is 2.48. The Morgan fingerprint density at radius 2 is 1.90 bits per heavy atom. The summed E-state index contributed by atoms with van der Waals surface area (Å²) in [5.41, 5.74) is 1.11. The first-order chi connectivity index (χ1) is 10.1. The number of carbonyl (C=O) groups excluding carboxylic acids is 1. The number of hydrogen-bond acceptors (Lipinski definition) is 4. The van der Waals surface area contributed by atoms with Gasteiger partial charge in [-0.25, -0.2) is 4.79 Å². The second kappa shape index (κ2) is 6.74. The number of aromatic hydroxyl groups is 2. The highest BCUT2D eigenvalue weighted by atomic mass is 16.5.